The summed E-state index contributed by atoms with van der Waals surface area (Å²) in [4.78, 5) is 12.7. The number of hydrogen-bond donors (Lipinski definition) is 1. The number of benzene rings is 1. The Morgan fingerprint density at radius 1 is 1.35 bits per heavy atom. The fourth-order valence-electron chi connectivity index (χ4n) is 3.84. The Hall–Kier alpha value is -2.25. The molecule has 138 valence electrons. The molecule has 0 bridgehead atoms. The molecule has 1 spiro atoms. The number of nitrogens with one attached hydrogen (secondary N) is 1. The predicted molar refractivity (Wildman–Crippen MR) is 92.6 cm³/mol. The molecule has 1 aliphatic carbocycles. The van der Waals surface area contributed by atoms with Crippen molar-refractivity contribution in [1.29, 1.82) is 0 Å². The summed E-state index contributed by atoms with van der Waals surface area (Å²) in [6, 6.07) is 6.36. The first-order valence-corrected chi connectivity index (χ1v) is 8.96. The Morgan fingerprint density at radius 2 is 2.12 bits per heavy atom. The lowest BCUT2D eigenvalue weighted by Crippen LogP contribution is -2.46. The van der Waals surface area contributed by atoms with Crippen LogP contribution < -0.4 is 5.32 Å². The summed E-state index contributed by atoms with van der Waals surface area (Å²) in [5, 5.41) is 7.26. The van der Waals surface area contributed by atoms with Gasteiger partial charge in [0.15, 0.2) is 5.79 Å². The zero-order chi connectivity index (χ0) is 18.1. The topological polar surface area (TPSA) is 65.4 Å². The molecule has 1 amide bonds. The molecule has 1 atom stereocenters. The molecule has 6 nitrogen and oxygen atoms in total. The van der Waals surface area contributed by atoms with Gasteiger partial charge in [0.25, 0.3) is 5.91 Å². The van der Waals surface area contributed by atoms with Crippen molar-refractivity contribution in [2.75, 3.05) is 13.2 Å². The fraction of sp³-hybridized carbons (Fsp3) is 0.474. The van der Waals surface area contributed by atoms with Crippen LogP contribution in [0.4, 0.5) is 4.39 Å². The first-order valence-electron chi connectivity index (χ1n) is 8.96. The van der Waals surface area contributed by atoms with E-state index >= 15 is 0 Å². The number of hydrogen-bond acceptors (Lipinski definition) is 4. The van der Waals surface area contributed by atoms with Crippen LogP contribution in [0, 0.1) is 12.7 Å². The van der Waals surface area contributed by atoms with E-state index in [1.54, 1.807) is 25.1 Å². The van der Waals surface area contributed by atoms with Gasteiger partial charge in [0, 0.05) is 18.9 Å². The molecule has 0 radical (unpaired) electrons. The highest BCUT2D eigenvalue weighted by Crippen LogP contribution is 2.35. The number of carbonyl (C=O) groups excluding carboxylic acids is 1. The predicted octanol–water partition coefficient (Wildman–Crippen LogP) is 2.74. The normalized spacial score (nSPS) is 21.8. The van der Waals surface area contributed by atoms with Crippen molar-refractivity contribution in [2.45, 2.75) is 44.4 Å². The van der Waals surface area contributed by atoms with E-state index in [2.05, 4.69) is 10.4 Å². The van der Waals surface area contributed by atoms with Gasteiger partial charge in [-0.05, 0) is 31.9 Å². The number of aromatic nitrogens is 2. The summed E-state index contributed by atoms with van der Waals surface area (Å²) >= 11 is 0. The van der Waals surface area contributed by atoms with Crippen LogP contribution in [0.15, 0.2) is 30.5 Å². The maximum Gasteiger partial charge on any atom is 0.254 e. The first kappa shape index (κ1) is 17.2. The summed E-state index contributed by atoms with van der Waals surface area (Å²) in [5.74, 6) is -1.12. The van der Waals surface area contributed by atoms with Gasteiger partial charge in [0.2, 0.25) is 0 Å². The quantitative estimate of drug-likeness (QED) is 0.915. The molecular weight excluding hydrogens is 337 g/mol. The molecule has 1 aliphatic heterocycles. The average Bonchev–Trinajstić information content (AvgIpc) is 3.22. The molecule has 4 rings (SSSR count). The average molecular weight is 359 g/mol. The molecule has 2 fully saturated rings. The minimum atomic E-state index is -0.539. The summed E-state index contributed by atoms with van der Waals surface area (Å²) < 4.78 is 27.0. The second kappa shape index (κ2) is 6.81. The molecule has 1 aromatic carbocycles. The van der Waals surface area contributed by atoms with Crippen molar-refractivity contribution >= 4 is 5.91 Å². The minimum absolute atomic E-state index is 0.00874. The zero-order valence-electron chi connectivity index (χ0n) is 14.7. The highest BCUT2D eigenvalue weighted by molar-refractivity contribution is 5.95. The number of ether oxygens (including phenoxy) is 2. The summed E-state index contributed by atoms with van der Waals surface area (Å²) in [5.41, 5.74) is 1.38. The fourth-order valence-corrected chi connectivity index (χ4v) is 3.84. The Morgan fingerprint density at radius 3 is 2.88 bits per heavy atom. The van der Waals surface area contributed by atoms with E-state index < -0.39 is 5.79 Å². The van der Waals surface area contributed by atoms with Crippen LogP contribution in [0.3, 0.4) is 0 Å². The number of rotatable bonds is 3. The number of amides is 1. The molecule has 2 aromatic rings. The van der Waals surface area contributed by atoms with Gasteiger partial charge in [-0.1, -0.05) is 12.1 Å². The molecule has 1 saturated carbocycles. The van der Waals surface area contributed by atoms with E-state index in [0.717, 1.165) is 19.3 Å². The van der Waals surface area contributed by atoms with E-state index in [1.165, 1.54) is 16.9 Å². The molecule has 1 N–H and O–H groups in total. The highest BCUT2D eigenvalue weighted by atomic mass is 19.1. The largest absolute Gasteiger partial charge is 0.349 e. The third-order valence-electron chi connectivity index (χ3n) is 5.15. The number of halogens is 1. The van der Waals surface area contributed by atoms with Crippen LogP contribution in [0.2, 0.25) is 0 Å². The van der Waals surface area contributed by atoms with Crippen LogP contribution in [0.5, 0.6) is 0 Å². The Balaban J connectivity index is 1.50. The van der Waals surface area contributed by atoms with Crippen molar-refractivity contribution in [3.05, 3.63) is 47.5 Å². The van der Waals surface area contributed by atoms with Gasteiger partial charge in [-0.15, -0.1) is 0 Å². The van der Waals surface area contributed by atoms with Gasteiger partial charge in [0.05, 0.1) is 30.7 Å². The lowest BCUT2D eigenvalue weighted by molar-refractivity contribution is -0.181. The van der Waals surface area contributed by atoms with E-state index in [1.807, 2.05) is 0 Å². The lowest BCUT2D eigenvalue weighted by Gasteiger charge is -2.36. The monoisotopic (exact) mass is 359 g/mol. The van der Waals surface area contributed by atoms with Gasteiger partial charge < -0.3 is 14.8 Å². The second-order valence-electron chi connectivity index (χ2n) is 6.88. The van der Waals surface area contributed by atoms with Gasteiger partial charge >= 0.3 is 0 Å². The Labute approximate surface area is 151 Å². The van der Waals surface area contributed by atoms with Crippen molar-refractivity contribution in [1.82, 2.24) is 15.1 Å². The van der Waals surface area contributed by atoms with E-state index in [9.17, 15) is 9.18 Å². The number of nitrogens with zero attached hydrogens (tertiary/aromatic N) is 2. The van der Waals surface area contributed by atoms with E-state index in [-0.39, 0.29) is 17.8 Å². The van der Waals surface area contributed by atoms with Crippen LogP contribution in [-0.2, 0) is 9.47 Å². The Kier molecular flexibility index (Phi) is 4.50. The van der Waals surface area contributed by atoms with Crippen LogP contribution in [-0.4, -0.2) is 40.7 Å². The van der Waals surface area contributed by atoms with Gasteiger partial charge in [-0.3, -0.25) is 4.79 Å². The molecular formula is C19H22FN3O3. The van der Waals surface area contributed by atoms with Crippen LogP contribution >= 0.6 is 0 Å². The zero-order valence-corrected chi connectivity index (χ0v) is 14.7. The van der Waals surface area contributed by atoms with Crippen molar-refractivity contribution in [3.63, 3.8) is 0 Å². The van der Waals surface area contributed by atoms with Gasteiger partial charge in [-0.2, -0.15) is 5.10 Å². The SMILES string of the molecule is Cc1c(C(=O)N[C@@H]2CCCC3(C2)OCCO3)cnn1-c1ccccc1F. The van der Waals surface area contributed by atoms with Crippen LogP contribution in [0.25, 0.3) is 5.69 Å². The van der Waals surface area contributed by atoms with Crippen molar-refractivity contribution in [2.24, 2.45) is 0 Å². The van der Waals surface area contributed by atoms with Crippen molar-refractivity contribution < 1.29 is 18.7 Å². The maximum atomic E-state index is 14.0. The molecule has 7 heteroatoms. The molecule has 1 aromatic heterocycles. The number of para-hydroxylation sites is 1. The summed E-state index contributed by atoms with van der Waals surface area (Å²) in [6.45, 7) is 2.98. The molecule has 26 heavy (non-hydrogen) atoms. The summed E-state index contributed by atoms with van der Waals surface area (Å²) in [6.07, 6.45) is 4.83. The summed E-state index contributed by atoms with van der Waals surface area (Å²) in [7, 11) is 0. The van der Waals surface area contributed by atoms with E-state index in [0.29, 0.717) is 36.6 Å². The third kappa shape index (κ3) is 3.12. The maximum absolute atomic E-state index is 14.0. The molecule has 2 heterocycles. The first-order chi connectivity index (χ1) is 12.6. The Bertz CT molecular complexity index is 814. The second-order valence-corrected chi connectivity index (χ2v) is 6.88. The van der Waals surface area contributed by atoms with Gasteiger partial charge in [-0.25, -0.2) is 9.07 Å². The molecule has 0 unspecified atom stereocenters. The van der Waals surface area contributed by atoms with Gasteiger partial charge in [0.1, 0.15) is 11.5 Å². The third-order valence-corrected chi connectivity index (χ3v) is 5.15. The lowest BCUT2D eigenvalue weighted by atomic mass is 9.89. The highest BCUT2D eigenvalue weighted by Gasteiger charge is 2.41. The standard InChI is InChI=1S/C19H22FN3O3/c1-13-15(12-21-23(13)17-7-3-2-6-16(17)20)18(24)22-14-5-4-8-19(11-14)25-9-10-26-19/h2-3,6-7,12,14H,4-5,8-11H2,1H3,(H,22,24)/t14-/m1/s1. The van der Waals surface area contributed by atoms with Crippen LogP contribution in [0.1, 0.15) is 41.7 Å². The molecule has 2 aliphatic rings. The molecule has 1 saturated heterocycles. The van der Waals surface area contributed by atoms with Crippen molar-refractivity contribution in [3.8, 4) is 5.69 Å². The van der Waals surface area contributed by atoms with E-state index in [4.69, 9.17) is 9.47 Å². The number of carbonyl (C=O) groups is 1. The minimum Gasteiger partial charge on any atom is -0.349 e. The smallest absolute Gasteiger partial charge is 0.254 e.